The van der Waals surface area contributed by atoms with Crippen LogP contribution in [0.3, 0.4) is 0 Å². The standard InChI is InChI=1S/C16H17F3N2S2.ClH/c17-16(18,19)23-14-3-1-12(2-4-14)15(13-5-10-22-11-13)21-8-6-20-7-9-21;/h1-5,10-11,15,20H,6-9H2;1H/t15-;/m1./s1. The van der Waals surface area contributed by atoms with Crippen molar-refractivity contribution < 1.29 is 13.2 Å². The van der Waals surface area contributed by atoms with Gasteiger partial charge in [-0.1, -0.05) is 12.1 Å². The van der Waals surface area contributed by atoms with E-state index in [0.717, 1.165) is 31.7 Å². The Balaban J connectivity index is 0.00000208. The first-order valence-electron chi connectivity index (χ1n) is 7.35. The normalized spacial score (nSPS) is 17.3. The van der Waals surface area contributed by atoms with Gasteiger partial charge in [0.05, 0.1) is 6.04 Å². The second kappa shape index (κ2) is 8.58. The number of rotatable bonds is 4. The number of alkyl halides is 3. The van der Waals surface area contributed by atoms with E-state index in [1.807, 2.05) is 17.5 Å². The van der Waals surface area contributed by atoms with Crippen LogP contribution in [0.4, 0.5) is 13.2 Å². The second-order valence-electron chi connectivity index (χ2n) is 5.36. The van der Waals surface area contributed by atoms with Gasteiger partial charge in [-0.3, -0.25) is 4.90 Å². The molecule has 0 saturated carbocycles. The molecule has 1 aliphatic heterocycles. The largest absolute Gasteiger partial charge is 0.446 e. The summed E-state index contributed by atoms with van der Waals surface area (Å²) < 4.78 is 37.4. The number of hydrogen-bond acceptors (Lipinski definition) is 4. The molecule has 0 bridgehead atoms. The Morgan fingerprint density at radius 1 is 1.04 bits per heavy atom. The van der Waals surface area contributed by atoms with Gasteiger partial charge in [-0.05, 0) is 51.8 Å². The second-order valence-corrected chi connectivity index (χ2v) is 7.28. The van der Waals surface area contributed by atoms with Crippen molar-refractivity contribution in [2.24, 2.45) is 0 Å². The number of nitrogens with one attached hydrogen (secondary N) is 1. The summed E-state index contributed by atoms with van der Waals surface area (Å²) in [5.41, 5.74) is -2.00. The zero-order valence-electron chi connectivity index (χ0n) is 12.8. The number of benzene rings is 1. The van der Waals surface area contributed by atoms with Crippen LogP contribution in [-0.4, -0.2) is 36.6 Å². The van der Waals surface area contributed by atoms with Crippen molar-refractivity contribution >= 4 is 35.5 Å². The smallest absolute Gasteiger partial charge is 0.314 e. The fourth-order valence-electron chi connectivity index (χ4n) is 2.84. The van der Waals surface area contributed by atoms with Crippen molar-refractivity contribution in [1.29, 1.82) is 0 Å². The van der Waals surface area contributed by atoms with Crippen LogP contribution >= 0.6 is 35.5 Å². The van der Waals surface area contributed by atoms with Crippen LogP contribution in [0, 0.1) is 0 Å². The van der Waals surface area contributed by atoms with Crippen molar-refractivity contribution in [3.8, 4) is 0 Å². The van der Waals surface area contributed by atoms with E-state index in [4.69, 9.17) is 0 Å². The maximum atomic E-state index is 12.5. The molecule has 1 aromatic heterocycles. The lowest BCUT2D eigenvalue weighted by Crippen LogP contribution is -2.45. The minimum Gasteiger partial charge on any atom is -0.314 e. The number of piperazine rings is 1. The number of thiophene rings is 1. The third kappa shape index (κ3) is 5.13. The minimum absolute atomic E-state index is 0. The maximum Gasteiger partial charge on any atom is 0.446 e. The molecule has 1 aliphatic rings. The molecule has 2 nitrogen and oxygen atoms in total. The van der Waals surface area contributed by atoms with Gasteiger partial charge in [0.1, 0.15) is 0 Å². The highest BCUT2D eigenvalue weighted by atomic mass is 35.5. The molecule has 0 aliphatic carbocycles. The number of hydrogen-bond donors (Lipinski definition) is 1. The third-order valence-electron chi connectivity index (χ3n) is 3.81. The average Bonchev–Trinajstić information content (AvgIpc) is 3.03. The van der Waals surface area contributed by atoms with E-state index in [1.165, 1.54) is 5.56 Å². The Morgan fingerprint density at radius 3 is 2.25 bits per heavy atom. The highest BCUT2D eigenvalue weighted by molar-refractivity contribution is 8.00. The summed E-state index contributed by atoms with van der Waals surface area (Å²) in [6.45, 7) is 3.73. The molecule has 0 unspecified atom stereocenters. The Bertz CT molecular complexity index is 611. The van der Waals surface area contributed by atoms with Crippen molar-refractivity contribution in [2.75, 3.05) is 26.2 Å². The summed E-state index contributed by atoms with van der Waals surface area (Å²) in [5.74, 6) is 0. The van der Waals surface area contributed by atoms with Gasteiger partial charge in [0.2, 0.25) is 0 Å². The summed E-state index contributed by atoms with van der Waals surface area (Å²) >= 11 is 1.58. The van der Waals surface area contributed by atoms with E-state index in [2.05, 4.69) is 21.7 Å². The van der Waals surface area contributed by atoms with Gasteiger partial charge < -0.3 is 5.32 Å². The molecule has 3 rings (SSSR count). The van der Waals surface area contributed by atoms with Crippen LogP contribution in [0.2, 0.25) is 0 Å². The Morgan fingerprint density at radius 2 is 1.71 bits per heavy atom. The van der Waals surface area contributed by atoms with Gasteiger partial charge >= 0.3 is 5.51 Å². The summed E-state index contributed by atoms with van der Waals surface area (Å²) in [6, 6.07) is 8.96. The van der Waals surface area contributed by atoms with Crippen LogP contribution < -0.4 is 5.32 Å². The zero-order chi connectivity index (χ0) is 16.3. The number of nitrogens with zero attached hydrogens (tertiary/aromatic N) is 1. The van der Waals surface area contributed by atoms with Crippen molar-refractivity contribution in [3.05, 3.63) is 52.2 Å². The highest BCUT2D eigenvalue weighted by Crippen LogP contribution is 2.38. The lowest BCUT2D eigenvalue weighted by Gasteiger charge is -2.35. The SMILES string of the molecule is Cl.FC(F)(F)Sc1ccc([C@H](c2ccsc2)N2CCNCC2)cc1. The molecule has 24 heavy (non-hydrogen) atoms. The highest BCUT2D eigenvalue weighted by Gasteiger charge is 2.29. The molecule has 1 aromatic carbocycles. The van der Waals surface area contributed by atoms with Crippen LogP contribution in [-0.2, 0) is 0 Å². The molecule has 1 fully saturated rings. The van der Waals surface area contributed by atoms with Gasteiger partial charge in [-0.2, -0.15) is 24.5 Å². The lowest BCUT2D eigenvalue weighted by atomic mass is 9.99. The van der Waals surface area contributed by atoms with Crippen molar-refractivity contribution in [1.82, 2.24) is 10.2 Å². The van der Waals surface area contributed by atoms with E-state index in [9.17, 15) is 13.2 Å². The van der Waals surface area contributed by atoms with Crippen LogP contribution in [0.1, 0.15) is 17.2 Å². The molecule has 2 aromatic rings. The van der Waals surface area contributed by atoms with E-state index in [0.29, 0.717) is 0 Å². The number of halogens is 4. The molecular formula is C16H18ClF3N2S2. The van der Waals surface area contributed by atoms with Crippen molar-refractivity contribution in [3.63, 3.8) is 0 Å². The lowest BCUT2D eigenvalue weighted by molar-refractivity contribution is -0.0328. The first kappa shape index (κ1) is 19.6. The monoisotopic (exact) mass is 394 g/mol. The zero-order valence-corrected chi connectivity index (χ0v) is 15.2. The average molecular weight is 395 g/mol. The van der Waals surface area contributed by atoms with E-state index in [1.54, 1.807) is 23.5 Å². The minimum atomic E-state index is -4.24. The predicted molar refractivity (Wildman–Crippen MR) is 96.2 cm³/mol. The summed E-state index contributed by atoms with van der Waals surface area (Å²) in [7, 11) is 0. The summed E-state index contributed by atoms with van der Waals surface area (Å²) in [5, 5.41) is 7.49. The molecule has 0 radical (unpaired) electrons. The molecule has 8 heteroatoms. The first-order chi connectivity index (χ1) is 11.0. The quantitative estimate of drug-likeness (QED) is 0.751. The van der Waals surface area contributed by atoms with Crippen molar-refractivity contribution in [2.45, 2.75) is 16.4 Å². The Kier molecular flexibility index (Phi) is 7.00. The molecule has 2 heterocycles. The molecule has 1 N–H and O–H groups in total. The third-order valence-corrected chi connectivity index (χ3v) is 5.25. The van der Waals surface area contributed by atoms with Gasteiger partial charge in [-0.15, -0.1) is 12.4 Å². The molecule has 1 atom stereocenters. The first-order valence-corrected chi connectivity index (χ1v) is 9.11. The fraction of sp³-hybridized carbons (Fsp3) is 0.375. The Hall–Kier alpha value is -0.730. The molecular weight excluding hydrogens is 377 g/mol. The van der Waals surface area contributed by atoms with Gasteiger partial charge in [-0.25, -0.2) is 0 Å². The molecule has 0 amide bonds. The van der Waals surface area contributed by atoms with Crippen LogP contribution in [0.25, 0.3) is 0 Å². The van der Waals surface area contributed by atoms with Crippen LogP contribution in [0.5, 0.6) is 0 Å². The Labute approximate surface area is 153 Å². The van der Waals surface area contributed by atoms with Gasteiger partial charge in [0.25, 0.3) is 0 Å². The molecule has 1 saturated heterocycles. The van der Waals surface area contributed by atoms with Gasteiger partial charge in [0.15, 0.2) is 0 Å². The topological polar surface area (TPSA) is 15.3 Å². The summed E-state index contributed by atoms with van der Waals surface area (Å²) in [6.07, 6.45) is 0. The van der Waals surface area contributed by atoms with E-state index in [-0.39, 0.29) is 35.1 Å². The summed E-state index contributed by atoms with van der Waals surface area (Å²) in [4.78, 5) is 2.61. The van der Waals surface area contributed by atoms with E-state index < -0.39 is 5.51 Å². The predicted octanol–water partition coefficient (Wildman–Crippen LogP) is 4.78. The van der Waals surface area contributed by atoms with E-state index >= 15 is 0 Å². The fourth-order valence-corrected chi connectivity index (χ4v) is 4.06. The molecule has 132 valence electrons. The maximum absolute atomic E-state index is 12.5. The number of thioether (sulfide) groups is 1. The molecule has 0 spiro atoms. The van der Waals surface area contributed by atoms with Gasteiger partial charge in [0, 0.05) is 31.1 Å². The van der Waals surface area contributed by atoms with Crippen LogP contribution in [0.15, 0.2) is 46.0 Å².